The maximum atomic E-state index is 12.7. The molecule has 0 N–H and O–H groups in total. The predicted octanol–water partition coefficient (Wildman–Crippen LogP) is 3.78. The number of carbonyl (C=O) groups excluding carboxylic acids is 1. The molecular formula is C14H13BrF3NO. The maximum absolute atomic E-state index is 12.7. The van der Waals surface area contributed by atoms with E-state index in [1.165, 1.54) is 0 Å². The van der Waals surface area contributed by atoms with Gasteiger partial charge in [-0.2, -0.15) is 13.2 Å². The third kappa shape index (κ3) is 2.14. The standard InChI is InChI=1S/C14H13BrF3NO/c15-10-2-3-11-9(6-10)7-19(12(20)14(16,17)18)8-13(11)4-1-5-13/h2-3,6H,1,4-5,7-8H2. The van der Waals surface area contributed by atoms with E-state index in [9.17, 15) is 18.0 Å². The summed E-state index contributed by atoms with van der Waals surface area (Å²) < 4.78 is 38.8. The van der Waals surface area contributed by atoms with Crippen molar-refractivity contribution in [3.05, 3.63) is 33.8 Å². The topological polar surface area (TPSA) is 20.3 Å². The van der Waals surface area contributed by atoms with Gasteiger partial charge in [0, 0.05) is 23.0 Å². The van der Waals surface area contributed by atoms with E-state index in [-0.39, 0.29) is 18.5 Å². The second-order valence-corrected chi connectivity index (χ2v) is 6.51. The van der Waals surface area contributed by atoms with Crippen LogP contribution < -0.4 is 0 Å². The number of nitrogens with zero attached hydrogens (tertiary/aromatic N) is 1. The minimum atomic E-state index is -4.80. The van der Waals surface area contributed by atoms with E-state index in [0.717, 1.165) is 39.8 Å². The maximum Gasteiger partial charge on any atom is 0.471 e. The van der Waals surface area contributed by atoms with E-state index in [2.05, 4.69) is 15.9 Å². The molecule has 1 aromatic rings. The van der Waals surface area contributed by atoms with Crippen LogP contribution in [0.15, 0.2) is 22.7 Å². The Labute approximate surface area is 123 Å². The molecule has 1 fully saturated rings. The molecule has 1 aliphatic carbocycles. The Morgan fingerprint density at radius 1 is 1.30 bits per heavy atom. The average molecular weight is 348 g/mol. The Kier molecular flexibility index (Phi) is 3.12. The molecule has 1 saturated carbocycles. The summed E-state index contributed by atoms with van der Waals surface area (Å²) in [6.45, 7) is 0.217. The molecule has 0 unspecified atom stereocenters. The lowest BCUT2D eigenvalue weighted by atomic mass is 9.61. The molecule has 1 aromatic carbocycles. The first-order valence-corrected chi connectivity index (χ1v) is 7.26. The molecular weight excluding hydrogens is 335 g/mol. The minimum Gasteiger partial charge on any atom is -0.330 e. The van der Waals surface area contributed by atoms with Gasteiger partial charge < -0.3 is 4.90 Å². The summed E-state index contributed by atoms with van der Waals surface area (Å²) >= 11 is 3.34. The van der Waals surface area contributed by atoms with E-state index in [0.29, 0.717) is 0 Å². The van der Waals surface area contributed by atoms with Gasteiger partial charge in [0.15, 0.2) is 0 Å². The van der Waals surface area contributed by atoms with Crippen molar-refractivity contribution in [2.24, 2.45) is 0 Å². The van der Waals surface area contributed by atoms with E-state index in [1.807, 2.05) is 18.2 Å². The number of rotatable bonds is 0. The highest BCUT2D eigenvalue weighted by Crippen LogP contribution is 2.49. The Morgan fingerprint density at radius 2 is 2.00 bits per heavy atom. The zero-order valence-electron chi connectivity index (χ0n) is 10.6. The average Bonchev–Trinajstić information content (AvgIpc) is 2.32. The van der Waals surface area contributed by atoms with Crippen molar-refractivity contribution in [2.75, 3.05) is 6.54 Å². The lowest BCUT2D eigenvalue weighted by Crippen LogP contribution is -2.54. The van der Waals surface area contributed by atoms with Crippen molar-refractivity contribution in [2.45, 2.75) is 37.4 Å². The normalized spacial score (nSPS) is 20.5. The monoisotopic (exact) mass is 347 g/mol. The van der Waals surface area contributed by atoms with E-state index in [4.69, 9.17) is 0 Å². The Morgan fingerprint density at radius 3 is 2.55 bits per heavy atom. The third-order valence-corrected chi connectivity index (χ3v) is 4.83. The summed E-state index contributed by atoms with van der Waals surface area (Å²) in [6, 6.07) is 5.72. The molecule has 1 amide bonds. The van der Waals surface area contributed by atoms with Crippen molar-refractivity contribution in [1.29, 1.82) is 0 Å². The Balaban J connectivity index is 1.99. The number of carbonyl (C=O) groups is 1. The van der Waals surface area contributed by atoms with Gasteiger partial charge >= 0.3 is 12.1 Å². The van der Waals surface area contributed by atoms with Gasteiger partial charge in [0.1, 0.15) is 0 Å². The van der Waals surface area contributed by atoms with Crippen LogP contribution in [0, 0.1) is 0 Å². The van der Waals surface area contributed by atoms with Crippen LogP contribution in [0.4, 0.5) is 13.2 Å². The van der Waals surface area contributed by atoms with Crippen molar-refractivity contribution in [3.63, 3.8) is 0 Å². The molecule has 6 heteroatoms. The molecule has 1 aliphatic heterocycles. The van der Waals surface area contributed by atoms with Gasteiger partial charge in [0.25, 0.3) is 0 Å². The third-order valence-electron chi connectivity index (χ3n) is 4.33. The summed E-state index contributed by atoms with van der Waals surface area (Å²) in [7, 11) is 0. The second-order valence-electron chi connectivity index (χ2n) is 5.59. The number of halogens is 4. The van der Waals surface area contributed by atoms with E-state index < -0.39 is 12.1 Å². The van der Waals surface area contributed by atoms with Crippen molar-refractivity contribution < 1.29 is 18.0 Å². The van der Waals surface area contributed by atoms with Gasteiger partial charge in [-0.05, 0) is 36.1 Å². The van der Waals surface area contributed by atoms with Gasteiger partial charge in [0.05, 0.1) is 0 Å². The van der Waals surface area contributed by atoms with Crippen LogP contribution in [0.25, 0.3) is 0 Å². The van der Waals surface area contributed by atoms with Crippen LogP contribution >= 0.6 is 15.9 Å². The fraction of sp³-hybridized carbons (Fsp3) is 0.500. The lowest BCUT2D eigenvalue weighted by molar-refractivity contribution is -0.188. The first-order chi connectivity index (χ1) is 9.32. The van der Waals surface area contributed by atoms with Gasteiger partial charge in [-0.15, -0.1) is 0 Å². The highest BCUT2D eigenvalue weighted by Gasteiger charge is 2.50. The Hall–Kier alpha value is -1.04. The molecule has 1 heterocycles. The molecule has 3 rings (SSSR count). The van der Waals surface area contributed by atoms with Crippen LogP contribution in [-0.2, 0) is 16.8 Å². The number of hydrogen-bond acceptors (Lipinski definition) is 1. The lowest BCUT2D eigenvalue weighted by Gasteiger charge is -2.50. The second kappa shape index (κ2) is 4.48. The van der Waals surface area contributed by atoms with Gasteiger partial charge in [-0.25, -0.2) is 0 Å². The number of fused-ring (bicyclic) bond motifs is 2. The van der Waals surface area contributed by atoms with E-state index in [1.54, 1.807) is 0 Å². The van der Waals surface area contributed by atoms with Gasteiger partial charge in [-0.3, -0.25) is 4.79 Å². The Bertz CT molecular complexity index is 566. The van der Waals surface area contributed by atoms with Crippen LogP contribution in [0.1, 0.15) is 30.4 Å². The predicted molar refractivity (Wildman–Crippen MR) is 71.1 cm³/mol. The number of alkyl halides is 3. The summed E-state index contributed by atoms with van der Waals surface area (Å²) in [4.78, 5) is 12.5. The summed E-state index contributed by atoms with van der Waals surface area (Å²) in [5, 5.41) is 0. The highest BCUT2D eigenvalue weighted by molar-refractivity contribution is 9.10. The molecule has 0 saturated heterocycles. The summed E-state index contributed by atoms with van der Waals surface area (Å²) in [6.07, 6.45) is -2.09. The minimum absolute atomic E-state index is 0.0366. The molecule has 1 spiro atoms. The van der Waals surface area contributed by atoms with Crippen LogP contribution in [0.5, 0.6) is 0 Å². The quantitative estimate of drug-likeness (QED) is 0.699. The molecule has 0 radical (unpaired) electrons. The van der Waals surface area contributed by atoms with Crippen LogP contribution in [0.3, 0.4) is 0 Å². The largest absolute Gasteiger partial charge is 0.471 e. The summed E-state index contributed by atoms with van der Waals surface area (Å²) in [5.74, 6) is -1.73. The fourth-order valence-corrected chi connectivity index (χ4v) is 3.68. The fourth-order valence-electron chi connectivity index (χ4n) is 3.28. The molecule has 20 heavy (non-hydrogen) atoms. The zero-order chi connectivity index (χ0) is 14.5. The molecule has 2 nitrogen and oxygen atoms in total. The SMILES string of the molecule is O=C(N1Cc2cc(Br)ccc2C2(CCC2)C1)C(F)(F)F. The van der Waals surface area contributed by atoms with Crippen molar-refractivity contribution >= 4 is 21.8 Å². The molecule has 108 valence electrons. The molecule has 2 aliphatic rings. The number of amides is 1. The molecule has 0 aromatic heterocycles. The van der Waals surface area contributed by atoms with Gasteiger partial charge in [0.2, 0.25) is 0 Å². The van der Waals surface area contributed by atoms with Crippen LogP contribution in [0.2, 0.25) is 0 Å². The number of hydrogen-bond donors (Lipinski definition) is 0. The highest BCUT2D eigenvalue weighted by atomic mass is 79.9. The van der Waals surface area contributed by atoms with Crippen LogP contribution in [-0.4, -0.2) is 23.5 Å². The molecule has 0 bridgehead atoms. The van der Waals surface area contributed by atoms with Gasteiger partial charge in [-0.1, -0.05) is 28.4 Å². The smallest absolute Gasteiger partial charge is 0.330 e. The first-order valence-electron chi connectivity index (χ1n) is 6.47. The first kappa shape index (κ1) is 13.9. The zero-order valence-corrected chi connectivity index (χ0v) is 12.2. The van der Waals surface area contributed by atoms with Crippen molar-refractivity contribution in [1.82, 2.24) is 4.90 Å². The summed E-state index contributed by atoms with van der Waals surface area (Å²) in [5.41, 5.74) is 1.66. The van der Waals surface area contributed by atoms with Crippen molar-refractivity contribution in [3.8, 4) is 0 Å². The number of benzene rings is 1. The molecule has 0 atom stereocenters. The van der Waals surface area contributed by atoms with E-state index >= 15 is 0 Å².